The lowest BCUT2D eigenvalue weighted by atomic mass is 9.92. The van der Waals surface area contributed by atoms with Crippen LogP contribution in [0.5, 0.6) is 0 Å². The van der Waals surface area contributed by atoms with E-state index in [1.54, 1.807) is 11.3 Å². The molecular formula is C11H18N2OS. The van der Waals surface area contributed by atoms with Crippen LogP contribution in [0.15, 0.2) is 5.51 Å². The molecule has 2 unspecified atom stereocenters. The molecule has 4 heteroatoms. The quantitative estimate of drug-likeness (QED) is 0.826. The number of aryl methyl sites for hydroxylation is 1. The third-order valence-corrected chi connectivity index (χ3v) is 4.03. The molecule has 1 saturated carbocycles. The Hall–Kier alpha value is -0.450. The average Bonchev–Trinajstić information content (AvgIpc) is 2.63. The first-order valence-corrected chi connectivity index (χ1v) is 6.46. The fraction of sp³-hybridized carbons (Fsp3) is 0.727. The summed E-state index contributed by atoms with van der Waals surface area (Å²) in [7, 11) is 0. The summed E-state index contributed by atoms with van der Waals surface area (Å²) in [5, 5.41) is 13.2. The predicted octanol–water partition coefficient (Wildman–Crippen LogP) is 1.84. The topological polar surface area (TPSA) is 45.2 Å². The molecule has 1 aliphatic rings. The van der Waals surface area contributed by atoms with E-state index in [0.29, 0.717) is 0 Å². The van der Waals surface area contributed by atoms with Crippen LogP contribution in [0.25, 0.3) is 0 Å². The Balaban J connectivity index is 1.84. The van der Waals surface area contributed by atoms with Crippen LogP contribution >= 0.6 is 11.3 Å². The van der Waals surface area contributed by atoms with Gasteiger partial charge in [0.1, 0.15) is 0 Å². The van der Waals surface area contributed by atoms with Crippen molar-refractivity contribution in [3.63, 3.8) is 0 Å². The van der Waals surface area contributed by atoms with E-state index in [1.165, 1.54) is 17.7 Å². The molecule has 1 aromatic rings. The number of rotatable bonds is 3. The second-order valence-electron chi connectivity index (χ2n) is 4.20. The first-order chi connectivity index (χ1) is 7.27. The van der Waals surface area contributed by atoms with E-state index in [1.807, 2.05) is 12.4 Å². The van der Waals surface area contributed by atoms with Crippen molar-refractivity contribution in [1.29, 1.82) is 0 Å². The van der Waals surface area contributed by atoms with Crippen LogP contribution in [0.2, 0.25) is 0 Å². The van der Waals surface area contributed by atoms with E-state index in [2.05, 4.69) is 10.3 Å². The second-order valence-corrected chi connectivity index (χ2v) is 5.14. The van der Waals surface area contributed by atoms with Gasteiger partial charge in [-0.2, -0.15) is 0 Å². The first kappa shape index (κ1) is 11.0. The van der Waals surface area contributed by atoms with Crippen molar-refractivity contribution in [3.8, 4) is 0 Å². The molecule has 15 heavy (non-hydrogen) atoms. The zero-order chi connectivity index (χ0) is 10.7. The van der Waals surface area contributed by atoms with Gasteiger partial charge in [0.25, 0.3) is 0 Å². The first-order valence-electron chi connectivity index (χ1n) is 5.58. The molecule has 0 aliphatic heterocycles. The van der Waals surface area contributed by atoms with Gasteiger partial charge in [-0.1, -0.05) is 12.8 Å². The molecule has 0 spiro atoms. The molecule has 2 atom stereocenters. The van der Waals surface area contributed by atoms with Gasteiger partial charge in [-0.05, 0) is 19.8 Å². The van der Waals surface area contributed by atoms with E-state index < -0.39 is 0 Å². The van der Waals surface area contributed by atoms with Gasteiger partial charge in [-0.3, -0.25) is 0 Å². The second kappa shape index (κ2) is 5.05. The van der Waals surface area contributed by atoms with Crippen molar-refractivity contribution in [2.45, 2.75) is 51.3 Å². The minimum atomic E-state index is -0.160. The largest absolute Gasteiger partial charge is 0.392 e. The summed E-state index contributed by atoms with van der Waals surface area (Å²) in [6, 6.07) is 0.278. The Morgan fingerprint density at radius 2 is 2.33 bits per heavy atom. The summed E-state index contributed by atoms with van der Waals surface area (Å²) < 4.78 is 0. The number of hydrogen-bond donors (Lipinski definition) is 2. The molecule has 2 N–H and O–H groups in total. The van der Waals surface area contributed by atoms with Crippen molar-refractivity contribution in [2.24, 2.45) is 0 Å². The summed E-state index contributed by atoms with van der Waals surface area (Å²) in [5.74, 6) is 0. The third-order valence-electron chi connectivity index (χ3n) is 3.10. The summed E-state index contributed by atoms with van der Waals surface area (Å²) in [6.45, 7) is 2.88. The Morgan fingerprint density at radius 1 is 1.53 bits per heavy atom. The molecule has 0 aromatic carbocycles. The maximum Gasteiger partial charge on any atom is 0.0798 e. The van der Waals surface area contributed by atoms with Crippen LogP contribution in [0.4, 0.5) is 0 Å². The lowest BCUT2D eigenvalue weighted by molar-refractivity contribution is 0.0903. The molecule has 3 nitrogen and oxygen atoms in total. The Kier molecular flexibility index (Phi) is 3.72. The van der Waals surface area contributed by atoms with Gasteiger partial charge in [0, 0.05) is 17.5 Å². The average molecular weight is 226 g/mol. The van der Waals surface area contributed by atoms with Crippen LogP contribution in [0, 0.1) is 6.92 Å². The SMILES string of the molecule is Cc1ncsc1CNC1CCCCC1O. The maximum atomic E-state index is 9.79. The lowest BCUT2D eigenvalue weighted by Gasteiger charge is -2.28. The minimum absolute atomic E-state index is 0.160. The Labute approximate surface area is 94.5 Å². The van der Waals surface area contributed by atoms with Crippen molar-refractivity contribution in [3.05, 3.63) is 16.1 Å². The standard InChI is InChI=1S/C11H18N2OS/c1-8-11(15-7-13-8)6-12-9-4-2-3-5-10(9)14/h7,9-10,12,14H,2-6H2,1H3. The van der Waals surface area contributed by atoms with Gasteiger partial charge in [0.15, 0.2) is 0 Å². The monoisotopic (exact) mass is 226 g/mol. The van der Waals surface area contributed by atoms with Gasteiger partial charge >= 0.3 is 0 Å². The predicted molar refractivity (Wildman–Crippen MR) is 62.0 cm³/mol. The van der Waals surface area contributed by atoms with Crippen LogP contribution in [0.1, 0.15) is 36.3 Å². The highest BCUT2D eigenvalue weighted by atomic mass is 32.1. The number of aliphatic hydroxyl groups excluding tert-OH is 1. The molecular weight excluding hydrogens is 208 g/mol. The number of aliphatic hydroxyl groups is 1. The molecule has 0 radical (unpaired) electrons. The van der Waals surface area contributed by atoms with E-state index in [9.17, 15) is 5.11 Å². The fourth-order valence-corrected chi connectivity index (χ4v) is 2.80. The molecule has 0 bridgehead atoms. The molecule has 1 fully saturated rings. The zero-order valence-corrected chi connectivity index (χ0v) is 9.89. The fourth-order valence-electron chi connectivity index (χ4n) is 2.07. The van der Waals surface area contributed by atoms with Gasteiger partial charge < -0.3 is 10.4 Å². The zero-order valence-electron chi connectivity index (χ0n) is 9.07. The number of nitrogens with one attached hydrogen (secondary N) is 1. The summed E-state index contributed by atoms with van der Waals surface area (Å²) >= 11 is 1.68. The van der Waals surface area contributed by atoms with E-state index in [4.69, 9.17) is 0 Å². The van der Waals surface area contributed by atoms with Gasteiger partial charge in [0.05, 0.1) is 17.3 Å². The molecule has 1 aliphatic carbocycles. The summed E-state index contributed by atoms with van der Waals surface area (Å²) in [5.41, 5.74) is 2.99. The molecule has 0 amide bonds. The summed E-state index contributed by atoms with van der Waals surface area (Å²) in [4.78, 5) is 5.50. The van der Waals surface area contributed by atoms with Crippen molar-refractivity contribution in [1.82, 2.24) is 10.3 Å². The number of hydrogen-bond acceptors (Lipinski definition) is 4. The Morgan fingerprint density at radius 3 is 3.00 bits per heavy atom. The highest BCUT2D eigenvalue weighted by molar-refractivity contribution is 7.09. The molecule has 84 valence electrons. The van der Waals surface area contributed by atoms with E-state index >= 15 is 0 Å². The highest BCUT2D eigenvalue weighted by Crippen LogP contribution is 2.19. The van der Waals surface area contributed by atoms with Crippen molar-refractivity contribution in [2.75, 3.05) is 0 Å². The maximum absolute atomic E-state index is 9.79. The lowest BCUT2D eigenvalue weighted by Crippen LogP contribution is -2.41. The molecule has 0 saturated heterocycles. The van der Waals surface area contributed by atoms with Crippen molar-refractivity contribution >= 4 is 11.3 Å². The Bertz CT molecular complexity index is 313. The van der Waals surface area contributed by atoms with Crippen LogP contribution < -0.4 is 5.32 Å². The molecule has 2 rings (SSSR count). The van der Waals surface area contributed by atoms with E-state index in [-0.39, 0.29) is 12.1 Å². The van der Waals surface area contributed by atoms with Crippen LogP contribution in [-0.2, 0) is 6.54 Å². The number of aromatic nitrogens is 1. The number of nitrogens with zero attached hydrogens (tertiary/aromatic N) is 1. The number of thiazole rings is 1. The van der Waals surface area contributed by atoms with Crippen molar-refractivity contribution < 1.29 is 5.11 Å². The normalized spacial score (nSPS) is 26.8. The summed E-state index contributed by atoms with van der Waals surface area (Å²) in [6.07, 6.45) is 4.28. The smallest absolute Gasteiger partial charge is 0.0798 e. The van der Waals surface area contributed by atoms with E-state index in [0.717, 1.165) is 25.1 Å². The van der Waals surface area contributed by atoms with Gasteiger partial charge in [-0.15, -0.1) is 11.3 Å². The van der Waals surface area contributed by atoms with Crippen LogP contribution in [0.3, 0.4) is 0 Å². The minimum Gasteiger partial charge on any atom is -0.392 e. The molecule has 1 aromatic heterocycles. The van der Waals surface area contributed by atoms with Gasteiger partial charge in [-0.25, -0.2) is 4.98 Å². The molecule has 1 heterocycles. The highest BCUT2D eigenvalue weighted by Gasteiger charge is 2.22. The van der Waals surface area contributed by atoms with Crippen LogP contribution in [-0.4, -0.2) is 22.2 Å². The third kappa shape index (κ3) is 2.77. The van der Waals surface area contributed by atoms with Gasteiger partial charge in [0.2, 0.25) is 0 Å².